The van der Waals surface area contributed by atoms with Gasteiger partial charge < -0.3 is 0 Å². The van der Waals surface area contributed by atoms with Crippen LogP contribution < -0.4 is 0 Å². The quantitative estimate of drug-likeness (QED) is 0.285. The Morgan fingerprint density at radius 3 is 2.52 bits per heavy atom. The van der Waals surface area contributed by atoms with Crippen molar-refractivity contribution in [3.63, 3.8) is 0 Å². The molecule has 0 aliphatic heterocycles. The molecule has 0 radical (unpaired) electrons. The van der Waals surface area contributed by atoms with Crippen molar-refractivity contribution in [1.29, 1.82) is 0 Å². The lowest BCUT2D eigenvalue weighted by Crippen LogP contribution is -2.05. The molecule has 0 aliphatic rings. The van der Waals surface area contributed by atoms with Crippen LogP contribution in [-0.2, 0) is 5.75 Å². The number of nitrogens with zero attached hydrogens (tertiary/aromatic N) is 3. The van der Waals surface area contributed by atoms with Gasteiger partial charge in [-0.05, 0) is 36.2 Å². The summed E-state index contributed by atoms with van der Waals surface area (Å²) in [4.78, 5) is 0. The Kier molecular flexibility index (Phi) is 4.86. The van der Waals surface area contributed by atoms with Crippen molar-refractivity contribution in [2.75, 3.05) is 0 Å². The van der Waals surface area contributed by atoms with Crippen molar-refractivity contribution in [3.8, 4) is 11.4 Å². The lowest BCUT2D eigenvalue weighted by Gasteiger charge is -2.14. The summed E-state index contributed by atoms with van der Waals surface area (Å²) >= 11 is 3.52. The van der Waals surface area contributed by atoms with Gasteiger partial charge in [0.1, 0.15) is 0 Å². The van der Waals surface area contributed by atoms with E-state index in [1.165, 1.54) is 32.0 Å². The molecule has 29 heavy (non-hydrogen) atoms. The third kappa shape index (κ3) is 3.34. The second-order valence-electron chi connectivity index (χ2n) is 7.34. The molecular formula is C24H21N3S2. The van der Waals surface area contributed by atoms with Crippen molar-refractivity contribution < 1.29 is 0 Å². The third-order valence-corrected chi connectivity index (χ3v) is 7.09. The molecule has 2 aromatic heterocycles. The number of thioether (sulfide) groups is 1. The molecule has 0 saturated heterocycles. The van der Waals surface area contributed by atoms with Crippen LogP contribution in [0.2, 0.25) is 0 Å². The van der Waals surface area contributed by atoms with E-state index in [0.717, 1.165) is 16.7 Å². The molecule has 0 N–H and O–H groups in total. The van der Waals surface area contributed by atoms with Gasteiger partial charge in [-0.3, -0.25) is 4.57 Å². The minimum atomic E-state index is 0.286. The molecule has 5 aromatic rings. The summed E-state index contributed by atoms with van der Waals surface area (Å²) in [5, 5.41) is 16.2. The molecule has 3 nitrogen and oxygen atoms in total. The van der Waals surface area contributed by atoms with Crippen molar-refractivity contribution >= 4 is 44.0 Å². The highest BCUT2D eigenvalue weighted by Gasteiger charge is 2.19. The predicted molar refractivity (Wildman–Crippen MR) is 125 cm³/mol. The van der Waals surface area contributed by atoms with Crippen LogP contribution in [0.15, 0.2) is 77.3 Å². The molecule has 0 unspecified atom stereocenters. The van der Waals surface area contributed by atoms with Crippen LogP contribution in [0.5, 0.6) is 0 Å². The first-order chi connectivity index (χ1) is 14.2. The Labute approximate surface area is 178 Å². The number of aromatic nitrogens is 3. The zero-order valence-electron chi connectivity index (χ0n) is 16.4. The Morgan fingerprint density at radius 1 is 0.897 bits per heavy atom. The van der Waals surface area contributed by atoms with Gasteiger partial charge in [0.25, 0.3) is 0 Å². The smallest absolute Gasteiger partial charge is 0.192 e. The van der Waals surface area contributed by atoms with E-state index < -0.39 is 0 Å². The molecule has 0 saturated carbocycles. The number of fused-ring (bicyclic) bond motifs is 2. The van der Waals surface area contributed by atoms with Crippen LogP contribution in [0.3, 0.4) is 0 Å². The van der Waals surface area contributed by atoms with Crippen LogP contribution in [0.1, 0.15) is 25.5 Å². The number of hydrogen-bond acceptors (Lipinski definition) is 4. The zero-order chi connectivity index (χ0) is 19.8. The average molecular weight is 416 g/mol. The van der Waals surface area contributed by atoms with E-state index in [1.54, 1.807) is 23.1 Å². The molecule has 5 heteroatoms. The lowest BCUT2D eigenvalue weighted by molar-refractivity contribution is 0.555. The van der Waals surface area contributed by atoms with E-state index in [1.807, 2.05) is 0 Å². The van der Waals surface area contributed by atoms with Crippen molar-refractivity contribution in [1.82, 2.24) is 14.8 Å². The van der Waals surface area contributed by atoms with E-state index in [2.05, 4.69) is 101 Å². The summed E-state index contributed by atoms with van der Waals surface area (Å²) in [5.74, 6) is 1.83. The van der Waals surface area contributed by atoms with Crippen LogP contribution in [-0.4, -0.2) is 14.8 Å². The topological polar surface area (TPSA) is 30.7 Å². The monoisotopic (exact) mass is 415 g/mol. The summed E-state index contributed by atoms with van der Waals surface area (Å²) in [5.41, 5.74) is 2.50. The van der Waals surface area contributed by atoms with Gasteiger partial charge in [0.05, 0.1) is 0 Å². The summed E-state index contributed by atoms with van der Waals surface area (Å²) in [6.45, 7) is 4.40. The molecule has 2 heterocycles. The molecule has 0 fully saturated rings. The minimum Gasteiger partial charge on any atom is -0.299 e. The first-order valence-corrected chi connectivity index (χ1v) is 11.6. The average Bonchev–Trinajstić information content (AvgIpc) is 3.36. The Bertz CT molecular complexity index is 1290. The fourth-order valence-electron chi connectivity index (χ4n) is 3.74. The minimum absolute atomic E-state index is 0.286. The largest absolute Gasteiger partial charge is 0.299 e. The van der Waals surface area contributed by atoms with Gasteiger partial charge in [-0.15, -0.1) is 21.5 Å². The van der Waals surface area contributed by atoms with Crippen LogP contribution in [0.25, 0.3) is 32.2 Å². The zero-order valence-corrected chi connectivity index (χ0v) is 18.0. The van der Waals surface area contributed by atoms with Gasteiger partial charge in [-0.25, -0.2) is 0 Å². The Morgan fingerprint density at radius 2 is 1.66 bits per heavy atom. The first-order valence-electron chi connectivity index (χ1n) is 9.73. The van der Waals surface area contributed by atoms with Crippen LogP contribution in [0.4, 0.5) is 0 Å². The fraction of sp³-hybridized carbons (Fsp3) is 0.167. The van der Waals surface area contributed by atoms with Gasteiger partial charge in [0, 0.05) is 32.8 Å². The van der Waals surface area contributed by atoms with Gasteiger partial charge >= 0.3 is 0 Å². The molecule has 144 valence electrons. The summed E-state index contributed by atoms with van der Waals surface area (Å²) in [6, 6.07) is 23.9. The van der Waals surface area contributed by atoms with Gasteiger partial charge in [0.2, 0.25) is 0 Å². The highest BCUT2D eigenvalue weighted by atomic mass is 32.2. The maximum Gasteiger partial charge on any atom is 0.192 e. The molecular weight excluding hydrogens is 394 g/mol. The lowest BCUT2D eigenvalue weighted by atomic mass is 10.1. The predicted octanol–water partition coefficient (Wildman–Crippen LogP) is 7.19. The second-order valence-corrected chi connectivity index (χ2v) is 9.20. The normalized spacial score (nSPS) is 11.7. The maximum absolute atomic E-state index is 4.60. The number of hydrogen-bond donors (Lipinski definition) is 0. The van der Waals surface area contributed by atoms with Crippen LogP contribution >= 0.6 is 23.1 Å². The Balaban J connectivity index is 1.51. The summed E-state index contributed by atoms with van der Waals surface area (Å²) < 4.78 is 3.55. The van der Waals surface area contributed by atoms with E-state index >= 15 is 0 Å². The highest BCUT2D eigenvalue weighted by Crippen LogP contribution is 2.36. The van der Waals surface area contributed by atoms with Crippen molar-refractivity contribution in [2.45, 2.75) is 30.8 Å². The molecule has 0 bridgehead atoms. The third-order valence-electron chi connectivity index (χ3n) is 5.14. The molecule has 0 spiro atoms. The fourth-order valence-corrected chi connectivity index (χ4v) is 5.75. The Hall–Kier alpha value is -2.63. The second kappa shape index (κ2) is 7.65. The summed E-state index contributed by atoms with van der Waals surface area (Å²) in [6.07, 6.45) is 0. The number of benzene rings is 3. The first kappa shape index (κ1) is 18.4. The van der Waals surface area contributed by atoms with Crippen LogP contribution in [0, 0.1) is 0 Å². The van der Waals surface area contributed by atoms with Gasteiger partial charge in [-0.2, -0.15) is 0 Å². The molecule has 0 aliphatic carbocycles. The number of thiophene rings is 1. The highest BCUT2D eigenvalue weighted by molar-refractivity contribution is 7.98. The molecule has 3 aromatic carbocycles. The maximum atomic E-state index is 4.60. The van der Waals surface area contributed by atoms with E-state index in [-0.39, 0.29) is 6.04 Å². The molecule has 5 rings (SSSR count). The molecule has 0 amide bonds. The number of rotatable bonds is 5. The van der Waals surface area contributed by atoms with Gasteiger partial charge in [-0.1, -0.05) is 72.4 Å². The summed E-state index contributed by atoms with van der Waals surface area (Å²) in [7, 11) is 0. The van der Waals surface area contributed by atoms with E-state index in [0.29, 0.717) is 0 Å². The SMILES string of the molecule is CC(C)n1c(SCc2cccc3ccccc23)nnc1-c1csc2ccccc12. The van der Waals surface area contributed by atoms with E-state index in [9.17, 15) is 0 Å². The van der Waals surface area contributed by atoms with Crippen molar-refractivity contribution in [2.24, 2.45) is 0 Å². The standard InChI is InChI=1S/C24H21N3S2/c1-16(2)27-23(21-15-28-22-13-6-5-12-20(21)22)25-26-24(27)29-14-18-10-7-9-17-8-3-4-11-19(17)18/h3-13,15-16H,14H2,1-2H3. The van der Waals surface area contributed by atoms with Gasteiger partial charge in [0.15, 0.2) is 11.0 Å². The molecule has 0 atom stereocenters. The van der Waals surface area contributed by atoms with Crippen molar-refractivity contribution in [3.05, 3.63) is 77.7 Å². The van der Waals surface area contributed by atoms with E-state index in [4.69, 9.17) is 0 Å².